The number of nitrogens with one attached hydrogen (secondary N) is 2. The Morgan fingerprint density at radius 1 is 1.09 bits per heavy atom. The quantitative estimate of drug-likeness (QED) is 0.312. The van der Waals surface area contributed by atoms with E-state index < -0.39 is 0 Å². The van der Waals surface area contributed by atoms with Crippen molar-refractivity contribution < 1.29 is 0 Å². The highest BCUT2D eigenvalue weighted by Crippen LogP contribution is 2.07. The predicted octanol–water partition coefficient (Wildman–Crippen LogP) is 2.38. The monoisotopic (exact) mass is 439 g/mol. The second-order valence-corrected chi connectivity index (χ2v) is 6.25. The summed E-state index contributed by atoms with van der Waals surface area (Å²) in [5.41, 5.74) is 0. The van der Waals surface area contributed by atoms with Gasteiger partial charge >= 0.3 is 0 Å². The molecule has 1 fully saturated rings. The fraction of sp³-hybridized carbons (Fsp3) is 0.941. The summed E-state index contributed by atoms with van der Waals surface area (Å²) in [5, 5.41) is 6.78. The molecule has 2 N–H and O–H groups in total. The molecular weight excluding hydrogens is 401 g/mol. The lowest BCUT2D eigenvalue weighted by atomic mass is 10.1. The third-order valence-corrected chi connectivity index (χ3v) is 4.16. The number of hydrogen-bond donors (Lipinski definition) is 2. The number of likely N-dealkylation sites (N-methyl/N-ethyl adjacent to an activating group) is 1. The summed E-state index contributed by atoms with van der Waals surface area (Å²) in [6, 6.07) is 0. The van der Waals surface area contributed by atoms with Crippen LogP contribution in [0.15, 0.2) is 4.99 Å². The number of rotatable bonds is 10. The lowest BCUT2D eigenvalue weighted by Gasteiger charge is -2.25. The largest absolute Gasteiger partial charge is 0.357 e. The minimum absolute atomic E-state index is 0. The van der Waals surface area contributed by atoms with E-state index in [1.54, 1.807) is 0 Å². The summed E-state index contributed by atoms with van der Waals surface area (Å²) >= 11 is 0. The van der Waals surface area contributed by atoms with Gasteiger partial charge in [-0.15, -0.1) is 24.0 Å². The summed E-state index contributed by atoms with van der Waals surface area (Å²) in [4.78, 5) is 9.62. The number of likely N-dealkylation sites (tertiary alicyclic amines) is 1. The van der Waals surface area contributed by atoms with E-state index in [2.05, 4.69) is 41.3 Å². The Balaban J connectivity index is 0.00000484. The van der Waals surface area contributed by atoms with E-state index in [4.69, 9.17) is 4.99 Å². The van der Waals surface area contributed by atoms with Crippen LogP contribution in [0.3, 0.4) is 0 Å². The Morgan fingerprint density at radius 2 is 1.83 bits per heavy atom. The fourth-order valence-electron chi connectivity index (χ4n) is 2.73. The minimum Gasteiger partial charge on any atom is -0.357 e. The van der Waals surface area contributed by atoms with Crippen LogP contribution in [-0.2, 0) is 0 Å². The van der Waals surface area contributed by atoms with Gasteiger partial charge in [0.1, 0.15) is 0 Å². The fourth-order valence-corrected chi connectivity index (χ4v) is 2.73. The van der Waals surface area contributed by atoms with Crippen LogP contribution in [0.4, 0.5) is 0 Å². The Hall–Kier alpha value is -0.0800. The van der Waals surface area contributed by atoms with Gasteiger partial charge < -0.3 is 20.4 Å². The molecule has 1 aliphatic heterocycles. The molecule has 0 unspecified atom stereocenters. The molecule has 0 aromatic heterocycles. The number of nitrogens with zero attached hydrogens (tertiary/aromatic N) is 3. The number of hydrogen-bond acceptors (Lipinski definition) is 3. The van der Waals surface area contributed by atoms with Crippen LogP contribution in [0.25, 0.3) is 0 Å². The molecule has 138 valence electrons. The van der Waals surface area contributed by atoms with Gasteiger partial charge in [0.15, 0.2) is 5.96 Å². The van der Waals surface area contributed by atoms with Gasteiger partial charge in [-0.25, -0.2) is 0 Å². The molecule has 0 radical (unpaired) electrons. The maximum absolute atomic E-state index is 4.70. The lowest BCUT2D eigenvalue weighted by molar-refractivity contribution is 0.235. The molecule has 0 saturated carbocycles. The van der Waals surface area contributed by atoms with Crippen LogP contribution >= 0.6 is 24.0 Å². The summed E-state index contributed by atoms with van der Waals surface area (Å²) in [6.07, 6.45) is 6.65. The summed E-state index contributed by atoms with van der Waals surface area (Å²) in [6.45, 7) is 13.0. The normalized spacial score (nSPS) is 16.3. The Labute approximate surface area is 160 Å². The molecule has 0 amide bonds. The molecule has 1 aliphatic rings. The number of unbranched alkanes of at least 4 members (excludes halogenated alkanes) is 1. The molecule has 1 saturated heterocycles. The third-order valence-electron chi connectivity index (χ3n) is 4.16. The Kier molecular flexibility index (Phi) is 15.4. The van der Waals surface area contributed by atoms with Gasteiger partial charge in [0.05, 0.1) is 6.54 Å². The van der Waals surface area contributed by atoms with Gasteiger partial charge in [-0.05, 0) is 52.9 Å². The van der Waals surface area contributed by atoms with Crippen molar-refractivity contribution in [1.82, 2.24) is 20.4 Å². The SMILES string of the molecule is CCCCN(C)CCNC(=NCCN1CCCCC1)NCC.I. The number of piperidine rings is 1. The maximum atomic E-state index is 4.70. The van der Waals surface area contributed by atoms with Gasteiger partial charge in [-0.2, -0.15) is 0 Å². The highest BCUT2D eigenvalue weighted by Gasteiger charge is 2.08. The van der Waals surface area contributed by atoms with Gasteiger partial charge in [0, 0.05) is 26.2 Å². The molecule has 0 aromatic rings. The van der Waals surface area contributed by atoms with Gasteiger partial charge in [-0.1, -0.05) is 19.8 Å². The molecular formula is C17H38IN5. The number of guanidine groups is 1. The van der Waals surface area contributed by atoms with Gasteiger partial charge in [0.2, 0.25) is 0 Å². The van der Waals surface area contributed by atoms with E-state index in [0.29, 0.717) is 0 Å². The van der Waals surface area contributed by atoms with Crippen LogP contribution in [0.2, 0.25) is 0 Å². The molecule has 0 atom stereocenters. The lowest BCUT2D eigenvalue weighted by Crippen LogP contribution is -2.41. The van der Waals surface area contributed by atoms with Crippen molar-refractivity contribution in [2.75, 3.05) is 59.4 Å². The van der Waals surface area contributed by atoms with Gasteiger partial charge in [-0.3, -0.25) is 4.99 Å². The first-order chi connectivity index (χ1) is 10.8. The molecule has 0 aromatic carbocycles. The maximum Gasteiger partial charge on any atom is 0.191 e. The topological polar surface area (TPSA) is 42.9 Å². The summed E-state index contributed by atoms with van der Waals surface area (Å²) in [7, 11) is 2.19. The van der Waals surface area contributed by atoms with Crippen molar-refractivity contribution in [2.24, 2.45) is 4.99 Å². The molecule has 5 nitrogen and oxygen atoms in total. The van der Waals surface area contributed by atoms with Crippen molar-refractivity contribution in [3.05, 3.63) is 0 Å². The Morgan fingerprint density at radius 3 is 2.48 bits per heavy atom. The first-order valence-electron chi connectivity index (χ1n) is 9.19. The van der Waals surface area contributed by atoms with Crippen molar-refractivity contribution in [3.8, 4) is 0 Å². The van der Waals surface area contributed by atoms with E-state index in [0.717, 1.165) is 38.7 Å². The molecule has 0 bridgehead atoms. The van der Waals surface area contributed by atoms with E-state index in [1.165, 1.54) is 51.7 Å². The van der Waals surface area contributed by atoms with Crippen molar-refractivity contribution in [2.45, 2.75) is 46.0 Å². The van der Waals surface area contributed by atoms with Crippen LogP contribution in [0, 0.1) is 0 Å². The summed E-state index contributed by atoms with van der Waals surface area (Å²) in [5.74, 6) is 0.961. The van der Waals surface area contributed by atoms with Crippen molar-refractivity contribution in [1.29, 1.82) is 0 Å². The molecule has 0 aliphatic carbocycles. The van der Waals surface area contributed by atoms with E-state index in [1.807, 2.05) is 0 Å². The average Bonchev–Trinajstić information content (AvgIpc) is 2.54. The zero-order valence-electron chi connectivity index (χ0n) is 15.4. The number of aliphatic imine (C=N–C) groups is 1. The smallest absolute Gasteiger partial charge is 0.191 e. The first-order valence-corrected chi connectivity index (χ1v) is 9.19. The second kappa shape index (κ2) is 15.4. The van der Waals surface area contributed by atoms with Crippen molar-refractivity contribution >= 4 is 29.9 Å². The average molecular weight is 439 g/mol. The highest BCUT2D eigenvalue weighted by molar-refractivity contribution is 14.0. The third kappa shape index (κ3) is 12.0. The van der Waals surface area contributed by atoms with Crippen LogP contribution < -0.4 is 10.6 Å². The van der Waals surface area contributed by atoms with Crippen LogP contribution in [0.5, 0.6) is 0 Å². The van der Waals surface area contributed by atoms with Gasteiger partial charge in [0.25, 0.3) is 0 Å². The van der Waals surface area contributed by atoms with Crippen molar-refractivity contribution in [3.63, 3.8) is 0 Å². The molecule has 0 spiro atoms. The van der Waals surface area contributed by atoms with Crippen LogP contribution in [0.1, 0.15) is 46.0 Å². The summed E-state index contributed by atoms with van der Waals surface area (Å²) < 4.78 is 0. The predicted molar refractivity (Wildman–Crippen MR) is 112 cm³/mol. The molecule has 1 rings (SSSR count). The van der Waals surface area contributed by atoms with E-state index in [9.17, 15) is 0 Å². The zero-order valence-corrected chi connectivity index (χ0v) is 17.8. The zero-order chi connectivity index (χ0) is 16.0. The first kappa shape index (κ1) is 22.9. The Bertz CT molecular complexity index is 293. The molecule has 23 heavy (non-hydrogen) atoms. The highest BCUT2D eigenvalue weighted by atomic mass is 127. The molecule has 6 heteroatoms. The van der Waals surface area contributed by atoms with E-state index in [-0.39, 0.29) is 24.0 Å². The minimum atomic E-state index is 0. The van der Waals surface area contributed by atoms with E-state index >= 15 is 0 Å². The number of halogens is 1. The second-order valence-electron chi connectivity index (χ2n) is 6.25. The van der Waals surface area contributed by atoms with Crippen LogP contribution in [-0.4, -0.2) is 75.2 Å². The standard InChI is InChI=1S/C17H37N5.HI/c1-4-6-12-21(3)15-10-19-17(18-5-2)20-11-16-22-13-8-7-9-14-22;/h4-16H2,1-3H3,(H2,18,19,20);1H. The molecule has 1 heterocycles.